The zero-order chi connectivity index (χ0) is 20.3. The molecule has 2 heterocycles. The molecule has 0 saturated carbocycles. The fourth-order valence-electron chi connectivity index (χ4n) is 3.46. The van der Waals surface area contributed by atoms with E-state index >= 15 is 0 Å². The van der Waals surface area contributed by atoms with Gasteiger partial charge in [0.25, 0.3) is 6.47 Å². The molecule has 0 radical (unpaired) electrons. The largest absolute Gasteiger partial charge is 0.488 e. The first-order valence-electron chi connectivity index (χ1n) is 9.39. The highest BCUT2D eigenvalue weighted by Gasteiger charge is 2.41. The third-order valence-corrected chi connectivity index (χ3v) is 4.65. The second-order valence-electron chi connectivity index (χ2n) is 8.02. The molecule has 28 heavy (non-hydrogen) atoms. The number of hydrogen-bond acceptors (Lipinski definition) is 6. The topological polar surface area (TPSA) is 74.3 Å². The molecule has 2 aliphatic rings. The molecule has 154 valence electrons. The average molecular weight is 395 g/mol. The minimum Gasteiger partial charge on any atom is -0.488 e. The zero-order valence-corrected chi connectivity index (χ0v) is 16.4. The number of halogens is 1. The number of carbonyl (C=O) groups excluding carboxylic acids is 2. The third-order valence-electron chi connectivity index (χ3n) is 4.65. The maximum Gasteiger partial charge on any atom is 0.410 e. The van der Waals surface area contributed by atoms with Crippen molar-refractivity contribution in [2.75, 3.05) is 19.8 Å². The van der Waals surface area contributed by atoms with E-state index in [1.54, 1.807) is 26.8 Å². The SMILES string of the molecule is CC(C)(C)OC(=O)N1CC(OC=O)CC1c1cc(F)ccc1OC1CCOC1. The Labute approximate surface area is 163 Å². The smallest absolute Gasteiger partial charge is 0.410 e. The van der Waals surface area contributed by atoms with Crippen LogP contribution in [-0.4, -0.2) is 55.0 Å². The van der Waals surface area contributed by atoms with Gasteiger partial charge < -0.3 is 18.9 Å². The van der Waals surface area contributed by atoms with E-state index in [-0.39, 0.29) is 12.6 Å². The van der Waals surface area contributed by atoms with Crippen molar-refractivity contribution in [3.63, 3.8) is 0 Å². The standard InChI is InChI=1S/C20H26FNO6/c1-20(2,3)28-19(24)22-10-15(26-12-23)9-17(22)16-8-13(21)4-5-18(16)27-14-6-7-25-11-14/h4-5,8,12,14-15,17H,6-7,9-11H2,1-3H3. The van der Waals surface area contributed by atoms with Crippen LogP contribution in [0.1, 0.15) is 45.2 Å². The summed E-state index contributed by atoms with van der Waals surface area (Å²) in [5.41, 5.74) is -0.164. The molecule has 3 unspecified atom stereocenters. The lowest BCUT2D eigenvalue weighted by molar-refractivity contribution is -0.133. The van der Waals surface area contributed by atoms with E-state index < -0.39 is 29.7 Å². The second-order valence-corrected chi connectivity index (χ2v) is 8.02. The monoisotopic (exact) mass is 395 g/mol. The van der Waals surface area contributed by atoms with Crippen LogP contribution in [0.3, 0.4) is 0 Å². The summed E-state index contributed by atoms with van der Waals surface area (Å²) in [6.45, 7) is 6.92. The van der Waals surface area contributed by atoms with Crippen LogP contribution in [0.5, 0.6) is 5.75 Å². The number of nitrogens with zero attached hydrogens (tertiary/aromatic N) is 1. The van der Waals surface area contributed by atoms with Crippen molar-refractivity contribution in [3.8, 4) is 5.75 Å². The molecule has 8 heteroatoms. The molecular formula is C20H26FNO6. The number of hydrogen-bond donors (Lipinski definition) is 0. The van der Waals surface area contributed by atoms with Gasteiger partial charge in [0.2, 0.25) is 0 Å². The zero-order valence-electron chi connectivity index (χ0n) is 16.4. The number of amides is 1. The average Bonchev–Trinajstić information content (AvgIpc) is 3.25. The molecule has 1 aromatic carbocycles. The van der Waals surface area contributed by atoms with Crippen LogP contribution >= 0.6 is 0 Å². The van der Waals surface area contributed by atoms with Gasteiger partial charge in [0, 0.05) is 18.4 Å². The van der Waals surface area contributed by atoms with Gasteiger partial charge in [0.1, 0.15) is 29.4 Å². The molecule has 0 N–H and O–H groups in total. The van der Waals surface area contributed by atoms with Crippen LogP contribution in [0.2, 0.25) is 0 Å². The van der Waals surface area contributed by atoms with Gasteiger partial charge in [-0.25, -0.2) is 9.18 Å². The lowest BCUT2D eigenvalue weighted by Crippen LogP contribution is -2.37. The molecule has 2 saturated heterocycles. The molecule has 2 fully saturated rings. The van der Waals surface area contributed by atoms with Crippen LogP contribution < -0.4 is 4.74 Å². The maximum absolute atomic E-state index is 14.1. The van der Waals surface area contributed by atoms with Crippen molar-refractivity contribution in [1.82, 2.24) is 4.90 Å². The minimum absolute atomic E-state index is 0.123. The number of rotatable bonds is 5. The van der Waals surface area contributed by atoms with Crippen LogP contribution in [0.25, 0.3) is 0 Å². The minimum atomic E-state index is -0.687. The highest BCUT2D eigenvalue weighted by atomic mass is 19.1. The highest BCUT2D eigenvalue weighted by molar-refractivity contribution is 5.70. The van der Waals surface area contributed by atoms with Gasteiger partial charge in [0.05, 0.1) is 25.8 Å². The van der Waals surface area contributed by atoms with Gasteiger partial charge in [-0.3, -0.25) is 9.69 Å². The van der Waals surface area contributed by atoms with Crippen LogP contribution in [-0.2, 0) is 19.0 Å². The normalized spacial score (nSPS) is 24.9. The van der Waals surface area contributed by atoms with Gasteiger partial charge in [0.15, 0.2) is 0 Å². The van der Waals surface area contributed by atoms with Crippen LogP contribution in [0.15, 0.2) is 18.2 Å². The molecule has 0 spiro atoms. The molecule has 0 aromatic heterocycles. The van der Waals surface area contributed by atoms with E-state index in [0.717, 1.165) is 6.42 Å². The third kappa shape index (κ3) is 4.92. The molecule has 2 aliphatic heterocycles. The van der Waals surface area contributed by atoms with E-state index in [9.17, 15) is 14.0 Å². The molecule has 3 atom stereocenters. The lowest BCUT2D eigenvalue weighted by atomic mass is 10.0. The van der Waals surface area contributed by atoms with Gasteiger partial charge in [-0.15, -0.1) is 0 Å². The molecule has 1 amide bonds. The van der Waals surface area contributed by atoms with E-state index in [0.29, 0.717) is 37.4 Å². The Morgan fingerprint density at radius 2 is 2.11 bits per heavy atom. The Balaban J connectivity index is 1.89. The number of carbonyl (C=O) groups is 2. The second kappa shape index (κ2) is 8.34. The van der Waals surface area contributed by atoms with E-state index in [1.807, 2.05) is 0 Å². The summed E-state index contributed by atoms with van der Waals surface area (Å²) < 4.78 is 36.0. The Hall–Kier alpha value is -2.35. The number of benzene rings is 1. The van der Waals surface area contributed by atoms with Gasteiger partial charge in [-0.05, 0) is 39.0 Å². The van der Waals surface area contributed by atoms with E-state index in [1.165, 1.54) is 17.0 Å². The molecule has 0 bridgehead atoms. The number of likely N-dealkylation sites (tertiary alicyclic amines) is 1. The van der Waals surface area contributed by atoms with Crippen molar-refractivity contribution in [2.24, 2.45) is 0 Å². The van der Waals surface area contributed by atoms with Gasteiger partial charge in [-0.1, -0.05) is 0 Å². The first-order chi connectivity index (χ1) is 13.3. The molecular weight excluding hydrogens is 369 g/mol. The predicted octanol–water partition coefficient (Wildman–Crippen LogP) is 3.22. The summed E-state index contributed by atoms with van der Waals surface area (Å²) in [7, 11) is 0. The first kappa shape index (κ1) is 20.4. The van der Waals surface area contributed by atoms with E-state index in [2.05, 4.69) is 0 Å². The van der Waals surface area contributed by atoms with Crippen molar-refractivity contribution >= 4 is 12.6 Å². The number of ether oxygens (including phenoxy) is 4. The van der Waals surface area contributed by atoms with E-state index in [4.69, 9.17) is 18.9 Å². The Bertz CT molecular complexity index is 713. The van der Waals surface area contributed by atoms with Crippen molar-refractivity contribution < 1.29 is 32.9 Å². The molecule has 7 nitrogen and oxygen atoms in total. The van der Waals surface area contributed by atoms with Crippen LogP contribution in [0.4, 0.5) is 9.18 Å². The summed E-state index contributed by atoms with van der Waals surface area (Å²) in [5, 5.41) is 0. The lowest BCUT2D eigenvalue weighted by Gasteiger charge is -2.29. The molecule has 0 aliphatic carbocycles. The Kier molecular flexibility index (Phi) is 6.07. The predicted molar refractivity (Wildman–Crippen MR) is 97.5 cm³/mol. The summed E-state index contributed by atoms with van der Waals surface area (Å²) in [5.74, 6) is 0.0520. The van der Waals surface area contributed by atoms with Gasteiger partial charge in [-0.2, -0.15) is 0 Å². The van der Waals surface area contributed by atoms with Crippen molar-refractivity contribution in [3.05, 3.63) is 29.6 Å². The summed E-state index contributed by atoms with van der Waals surface area (Å²) in [6.07, 6.45) is -0.0925. The highest BCUT2D eigenvalue weighted by Crippen LogP contribution is 2.40. The Morgan fingerprint density at radius 3 is 2.75 bits per heavy atom. The summed E-state index contributed by atoms with van der Waals surface area (Å²) >= 11 is 0. The molecule has 3 rings (SSSR count). The molecule has 1 aromatic rings. The first-order valence-corrected chi connectivity index (χ1v) is 9.39. The van der Waals surface area contributed by atoms with Crippen LogP contribution in [0, 0.1) is 5.82 Å². The Morgan fingerprint density at radius 1 is 1.32 bits per heavy atom. The van der Waals surface area contributed by atoms with Crippen molar-refractivity contribution in [1.29, 1.82) is 0 Å². The van der Waals surface area contributed by atoms with Crippen molar-refractivity contribution in [2.45, 2.75) is 57.5 Å². The fourth-order valence-corrected chi connectivity index (χ4v) is 3.46. The quantitative estimate of drug-likeness (QED) is 0.713. The summed E-state index contributed by atoms with van der Waals surface area (Å²) in [6, 6.07) is 3.70. The summed E-state index contributed by atoms with van der Waals surface area (Å²) in [4.78, 5) is 25.0. The van der Waals surface area contributed by atoms with Gasteiger partial charge >= 0.3 is 6.09 Å². The fraction of sp³-hybridized carbons (Fsp3) is 0.600. The maximum atomic E-state index is 14.1.